The molecule has 2 aromatic rings. The van der Waals surface area contributed by atoms with Crippen molar-refractivity contribution in [2.45, 2.75) is 32.5 Å². The number of nitrogens with one attached hydrogen (secondary N) is 1. The summed E-state index contributed by atoms with van der Waals surface area (Å²) in [5.41, 5.74) is 3.87. The monoisotopic (exact) mass is 431 g/mol. The number of piperazine rings is 1. The Morgan fingerprint density at radius 2 is 1.63 bits per heavy atom. The van der Waals surface area contributed by atoms with E-state index in [9.17, 15) is 13.2 Å². The second-order valence-electron chi connectivity index (χ2n) is 7.70. The van der Waals surface area contributed by atoms with Gasteiger partial charge in [0.1, 0.15) is 0 Å². The third-order valence-corrected chi connectivity index (χ3v) is 7.50. The molecule has 162 valence electrons. The number of nitrogen functional groups attached to an aromatic ring is 1. The quantitative estimate of drug-likeness (QED) is 0.411. The molecule has 0 saturated carbocycles. The molecular formula is C21H29N5O3S. The lowest BCUT2D eigenvalue weighted by Gasteiger charge is -2.43. The highest BCUT2D eigenvalue weighted by atomic mass is 32.2. The summed E-state index contributed by atoms with van der Waals surface area (Å²) in [7, 11) is -1.73. The molecule has 0 spiro atoms. The van der Waals surface area contributed by atoms with Gasteiger partial charge in [0.15, 0.2) is 0 Å². The summed E-state index contributed by atoms with van der Waals surface area (Å²) in [4.78, 5) is 13.9. The van der Waals surface area contributed by atoms with Crippen LogP contribution >= 0.6 is 0 Å². The van der Waals surface area contributed by atoms with Gasteiger partial charge >= 0.3 is 10.2 Å². The maximum Gasteiger partial charge on any atom is 0.304 e. The van der Waals surface area contributed by atoms with Crippen LogP contribution in [0.3, 0.4) is 0 Å². The van der Waals surface area contributed by atoms with E-state index >= 15 is 0 Å². The number of carbonyl (C=O) groups is 1. The first-order valence-electron chi connectivity index (χ1n) is 9.88. The van der Waals surface area contributed by atoms with Crippen LogP contribution < -0.4 is 15.6 Å². The second-order valence-corrected chi connectivity index (χ2v) is 9.55. The summed E-state index contributed by atoms with van der Waals surface area (Å²) < 4.78 is 30.3. The molecule has 0 radical (unpaired) electrons. The number of likely N-dealkylation sites (N-methyl/N-ethyl adjacent to an activating group) is 1. The lowest BCUT2D eigenvalue weighted by molar-refractivity contribution is 0.0953. The maximum atomic E-state index is 13.7. The molecule has 30 heavy (non-hydrogen) atoms. The van der Waals surface area contributed by atoms with E-state index in [1.165, 1.54) is 4.31 Å². The predicted molar refractivity (Wildman–Crippen MR) is 118 cm³/mol. The molecule has 1 fully saturated rings. The predicted octanol–water partition coefficient (Wildman–Crippen LogP) is 1.57. The number of anilines is 1. The maximum absolute atomic E-state index is 13.7. The topological polar surface area (TPSA) is 99.0 Å². The standard InChI is InChI=1S/C21H29N5O3S/c1-16-13-25(14-17(2)24(16)3)30(28,29)26(20-7-5-4-6-8-20)15-18-9-11-19(12-10-18)21(27)23-22/h4-12,16-17H,13-15,22H2,1-3H3,(H,23,27)/t16-,17+. The number of rotatable bonds is 6. The van der Waals surface area contributed by atoms with Crippen LogP contribution in [0.25, 0.3) is 0 Å². The first kappa shape index (κ1) is 22.2. The molecule has 3 rings (SSSR count). The Labute approximate surface area is 178 Å². The van der Waals surface area contributed by atoms with Crippen molar-refractivity contribution in [3.8, 4) is 0 Å². The Morgan fingerprint density at radius 1 is 1.07 bits per heavy atom. The van der Waals surface area contributed by atoms with Crippen LogP contribution in [0.4, 0.5) is 5.69 Å². The molecule has 0 aromatic heterocycles. The van der Waals surface area contributed by atoms with Gasteiger partial charge in [0.05, 0.1) is 12.2 Å². The number of para-hydroxylation sites is 1. The van der Waals surface area contributed by atoms with Gasteiger partial charge in [-0.2, -0.15) is 12.7 Å². The van der Waals surface area contributed by atoms with Crippen molar-refractivity contribution >= 4 is 21.8 Å². The Kier molecular flexibility index (Phi) is 6.77. The zero-order chi connectivity index (χ0) is 21.9. The van der Waals surface area contributed by atoms with Crippen LogP contribution in [-0.2, 0) is 16.8 Å². The molecule has 3 N–H and O–H groups in total. The van der Waals surface area contributed by atoms with E-state index in [1.54, 1.807) is 40.7 Å². The molecule has 1 amide bonds. The van der Waals surface area contributed by atoms with Crippen molar-refractivity contribution in [3.05, 3.63) is 65.7 Å². The molecule has 9 heteroatoms. The minimum Gasteiger partial charge on any atom is -0.298 e. The van der Waals surface area contributed by atoms with Gasteiger partial charge in [-0.15, -0.1) is 0 Å². The van der Waals surface area contributed by atoms with Crippen molar-refractivity contribution in [2.24, 2.45) is 5.84 Å². The third kappa shape index (κ3) is 4.65. The lowest BCUT2D eigenvalue weighted by atomic mass is 10.1. The SMILES string of the molecule is C[C@@H]1CN(S(=O)(=O)N(Cc2ccc(C(=O)NN)cc2)c2ccccc2)C[C@H](C)N1C. The number of hydrogen-bond donors (Lipinski definition) is 2. The smallest absolute Gasteiger partial charge is 0.298 e. The van der Waals surface area contributed by atoms with E-state index in [1.807, 2.05) is 39.1 Å². The molecule has 0 bridgehead atoms. The zero-order valence-corrected chi connectivity index (χ0v) is 18.3. The van der Waals surface area contributed by atoms with Gasteiger partial charge < -0.3 is 0 Å². The molecule has 2 atom stereocenters. The number of benzene rings is 2. The van der Waals surface area contributed by atoms with Crippen LogP contribution in [0.2, 0.25) is 0 Å². The van der Waals surface area contributed by atoms with Gasteiger partial charge in [0.25, 0.3) is 5.91 Å². The van der Waals surface area contributed by atoms with E-state index < -0.39 is 16.1 Å². The van der Waals surface area contributed by atoms with E-state index in [-0.39, 0.29) is 18.6 Å². The molecule has 0 aliphatic carbocycles. The molecule has 1 heterocycles. The first-order valence-corrected chi connectivity index (χ1v) is 11.3. The third-order valence-electron chi connectivity index (χ3n) is 5.65. The molecule has 8 nitrogen and oxygen atoms in total. The van der Waals surface area contributed by atoms with Gasteiger partial charge in [0, 0.05) is 30.7 Å². The minimum atomic E-state index is -3.76. The highest BCUT2D eigenvalue weighted by Gasteiger charge is 2.37. The van der Waals surface area contributed by atoms with Gasteiger partial charge in [-0.1, -0.05) is 30.3 Å². The number of amides is 1. The Morgan fingerprint density at radius 3 is 2.17 bits per heavy atom. The number of hydrogen-bond acceptors (Lipinski definition) is 5. The summed E-state index contributed by atoms with van der Waals surface area (Å²) in [5.74, 6) is 4.78. The summed E-state index contributed by atoms with van der Waals surface area (Å²) in [6.45, 7) is 5.09. The normalized spacial score (nSPS) is 20.7. The van der Waals surface area contributed by atoms with E-state index in [4.69, 9.17) is 5.84 Å². The number of hydrazine groups is 1. The fourth-order valence-electron chi connectivity index (χ4n) is 3.59. The van der Waals surface area contributed by atoms with Gasteiger partial charge in [-0.05, 0) is 50.7 Å². The van der Waals surface area contributed by atoms with E-state index in [0.717, 1.165) is 5.56 Å². The number of nitrogens with two attached hydrogens (primary N) is 1. The van der Waals surface area contributed by atoms with Crippen LogP contribution in [0, 0.1) is 0 Å². The number of carbonyl (C=O) groups excluding carboxylic acids is 1. The Hall–Kier alpha value is -2.46. The fourth-order valence-corrected chi connectivity index (χ4v) is 5.38. The van der Waals surface area contributed by atoms with E-state index in [0.29, 0.717) is 24.3 Å². The van der Waals surface area contributed by atoms with Crippen molar-refractivity contribution in [1.29, 1.82) is 0 Å². The second kappa shape index (κ2) is 9.13. The molecule has 1 saturated heterocycles. The summed E-state index contributed by atoms with van der Waals surface area (Å²) >= 11 is 0. The van der Waals surface area contributed by atoms with Crippen LogP contribution in [0.5, 0.6) is 0 Å². The molecule has 2 aromatic carbocycles. The molecule has 1 aliphatic heterocycles. The molecule has 0 unspecified atom stereocenters. The minimum absolute atomic E-state index is 0.121. The summed E-state index contributed by atoms with van der Waals surface area (Å²) in [5, 5.41) is 0. The summed E-state index contributed by atoms with van der Waals surface area (Å²) in [6.07, 6.45) is 0. The Balaban J connectivity index is 1.92. The average molecular weight is 432 g/mol. The van der Waals surface area contributed by atoms with Crippen molar-refractivity contribution < 1.29 is 13.2 Å². The van der Waals surface area contributed by atoms with Crippen LogP contribution in [-0.4, -0.2) is 55.8 Å². The number of nitrogens with zero attached hydrogens (tertiary/aromatic N) is 3. The van der Waals surface area contributed by atoms with Crippen LogP contribution in [0.15, 0.2) is 54.6 Å². The fraction of sp³-hybridized carbons (Fsp3) is 0.381. The van der Waals surface area contributed by atoms with Crippen molar-refractivity contribution in [2.75, 3.05) is 24.4 Å². The lowest BCUT2D eigenvalue weighted by Crippen LogP contribution is -2.59. The van der Waals surface area contributed by atoms with Gasteiger partial charge in [0.2, 0.25) is 0 Å². The highest BCUT2D eigenvalue weighted by molar-refractivity contribution is 7.90. The van der Waals surface area contributed by atoms with Gasteiger partial charge in [-0.25, -0.2) is 5.84 Å². The van der Waals surface area contributed by atoms with Crippen molar-refractivity contribution in [1.82, 2.24) is 14.6 Å². The first-order chi connectivity index (χ1) is 14.2. The highest BCUT2D eigenvalue weighted by Crippen LogP contribution is 2.26. The average Bonchev–Trinajstić information content (AvgIpc) is 2.75. The Bertz CT molecular complexity index is 954. The summed E-state index contributed by atoms with van der Waals surface area (Å²) in [6, 6.07) is 16.1. The van der Waals surface area contributed by atoms with Crippen LogP contribution in [0.1, 0.15) is 29.8 Å². The van der Waals surface area contributed by atoms with Gasteiger partial charge in [-0.3, -0.25) is 19.4 Å². The molecule has 1 aliphatic rings. The van der Waals surface area contributed by atoms with Crippen molar-refractivity contribution in [3.63, 3.8) is 0 Å². The molecular weight excluding hydrogens is 402 g/mol. The zero-order valence-electron chi connectivity index (χ0n) is 17.5. The van der Waals surface area contributed by atoms with E-state index in [2.05, 4.69) is 10.3 Å². The largest absolute Gasteiger partial charge is 0.304 e.